The predicted molar refractivity (Wildman–Crippen MR) is 141 cm³/mol. The third-order valence-electron chi connectivity index (χ3n) is 5.79. The van der Waals surface area contributed by atoms with Crippen molar-refractivity contribution in [1.82, 2.24) is 24.6 Å². The number of nitrogen functional groups attached to an aromatic ring is 1. The number of alkyl halides is 1. The van der Waals surface area contributed by atoms with E-state index in [1.54, 1.807) is 39.0 Å². The van der Waals surface area contributed by atoms with Gasteiger partial charge in [0.1, 0.15) is 30.6 Å². The summed E-state index contributed by atoms with van der Waals surface area (Å²) in [5, 5.41) is 23.8. The zero-order valence-electron chi connectivity index (χ0n) is 22.7. The number of imidazole rings is 1. The molecular formula is C24H32FN6O9P. The molecule has 2 unspecified atom stereocenters. The minimum Gasteiger partial charge on any atom is -0.476 e. The number of hydrogen-bond donors (Lipinski definition) is 4. The van der Waals surface area contributed by atoms with E-state index in [4.69, 9.17) is 29.0 Å². The van der Waals surface area contributed by atoms with Crippen molar-refractivity contribution in [3.05, 3.63) is 36.7 Å². The van der Waals surface area contributed by atoms with Gasteiger partial charge in [0, 0.05) is 0 Å². The van der Waals surface area contributed by atoms with Gasteiger partial charge in [0.15, 0.2) is 17.4 Å². The number of para-hydroxylation sites is 1. The number of rotatable bonds is 12. The van der Waals surface area contributed by atoms with Gasteiger partial charge in [0.2, 0.25) is 11.8 Å². The molecule has 224 valence electrons. The first-order valence-electron chi connectivity index (χ1n) is 12.7. The van der Waals surface area contributed by atoms with Crippen molar-refractivity contribution in [2.45, 2.75) is 64.1 Å². The number of hydrogen-bond acceptors (Lipinski definition) is 13. The fourth-order valence-corrected chi connectivity index (χ4v) is 5.43. The summed E-state index contributed by atoms with van der Waals surface area (Å²) < 4.78 is 57.7. The average Bonchev–Trinajstić information content (AvgIpc) is 3.42. The van der Waals surface area contributed by atoms with Gasteiger partial charge in [0.05, 0.1) is 19.0 Å². The minimum absolute atomic E-state index is 0.0413. The second kappa shape index (κ2) is 12.2. The van der Waals surface area contributed by atoms with Crippen molar-refractivity contribution in [1.29, 1.82) is 0 Å². The number of ether oxygens (including phenoxy) is 3. The molecule has 2 aromatic heterocycles. The van der Waals surface area contributed by atoms with Crippen LogP contribution in [0.4, 0.5) is 10.3 Å². The number of benzene rings is 1. The molecule has 1 saturated heterocycles. The van der Waals surface area contributed by atoms with Gasteiger partial charge in [0.25, 0.3) is 5.85 Å². The zero-order chi connectivity index (χ0) is 29.9. The van der Waals surface area contributed by atoms with E-state index in [1.807, 2.05) is 0 Å². The van der Waals surface area contributed by atoms with Crippen LogP contribution >= 0.6 is 7.75 Å². The maximum Gasteiger partial charge on any atom is 0.459 e. The molecule has 41 heavy (non-hydrogen) atoms. The molecule has 0 saturated carbocycles. The Morgan fingerprint density at radius 3 is 2.63 bits per heavy atom. The highest BCUT2D eigenvalue weighted by Gasteiger charge is 2.57. The topological polar surface area (TPSA) is 202 Å². The van der Waals surface area contributed by atoms with E-state index in [0.29, 0.717) is 0 Å². The molecule has 3 aromatic rings. The summed E-state index contributed by atoms with van der Waals surface area (Å²) in [6.07, 6.45) is -4.86. The molecule has 1 fully saturated rings. The van der Waals surface area contributed by atoms with Crippen LogP contribution in [0.15, 0.2) is 36.7 Å². The van der Waals surface area contributed by atoms with E-state index >= 15 is 4.39 Å². The summed E-state index contributed by atoms with van der Waals surface area (Å²) in [4.78, 5) is 24.5. The lowest BCUT2D eigenvalue weighted by atomic mass is 10.1. The Labute approximate surface area is 234 Å². The lowest BCUT2D eigenvalue weighted by molar-refractivity contribution is -0.202. The molecule has 0 spiro atoms. The maximum atomic E-state index is 16.0. The summed E-state index contributed by atoms with van der Waals surface area (Å²) in [6, 6.07) is 6.62. The second-order valence-electron chi connectivity index (χ2n) is 9.39. The first kappa shape index (κ1) is 30.6. The SMILES string of the molecule is CCOc1nc(N)nc2c1ncn2C1O[C@](F)(COP(=O)(N[C@@H](C)C(=O)OC(C)C)Oc2ccccc2)[C@@H](O)[C@H]1O. The van der Waals surface area contributed by atoms with Crippen LogP contribution in [0.25, 0.3) is 11.2 Å². The Kier molecular flexibility index (Phi) is 9.11. The summed E-state index contributed by atoms with van der Waals surface area (Å²) in [7, 11) is -4.51. The number of nitrogens with one attached hydrogen (secondary N) is 1. The monoisotopic (exact) mass is 598 g/mol. The second-order valence-corrected chi connectivity index (χ2v) is 11.1. The summed E-state index contributed by atoms with van der Waals surface area (Å²) in [6.45, 7) is 5.42. The Balaban J connectivity index is 1.57. The molecule has 0 bridgehead atoms. The van der Waals surface area contributed by atoms with Crippen molar-refractivity contribution >= 4 is 30.8 Å². The Bertz CT molecular complexity index is 1410. The molecule has 15 nitrogen and oxygen atoms in total. The molecule has 6 atom stereocenters. The first-order chi connectivity index (χ1) is 19.4. The predicted octanol–water partition coefficient (Wildman–Crippen LogP) is 1.86. The number of carbonyl (C=O) groups is 1. The van der Waals surface area contributed by atoms with Crippen molar-refractivity contribution in [3.63, 3.8) is 0 Å². The molecule has 3 heterocycles. The van der Waals surface area contributed by atoms with Crippen LogP contribution in [0.2, 0.25) is 0 Å². The molecule has 1 aliphatic heterocycles. The number of aliphatic hydroxyl groups is 2. The largest absolute Gasteiger partial charge is 0.476 e. The molecule has 5 N–H and O–H groups in total. The molecule has 17 heteroatoms. The smallest absolute Gasteiger partial charge is 0.459 e. The number of halogens is 1. The number of fused-ring (bicyclic) bond motifs is 1. The van der Waals surface area contributed by atoms with Gasteiger partial charge < -0.3 is 34.7 Å². The third kappa shape index (κ3) is 6.74. The van der Waals surface area contributed by atoms with E-state index in [2.05, 4.69) is 20.0 Å². The number of nitrogens with two attached hydrogens (primary N) is 1. The molecule has 4 rings (SSSR count). The van der Waals surface area contributed by atoms with E-state index < -0.39 is 56.8 Å². The number of anilines is 1. The lowest BCUT2D eigenvalue weighted by Crippen LogP contribution is -2.44. The van der Waals surface area contributed by atoms with Crippen LogP contribution in [0, 0.1) is 0 Å². The van der Waals surface area contributed by atoms with Crippen LogP contribution in [0.5, 0.6) is 11.6 Å². The number of carbonyl (C=O) groups excluding carboxylic acids is 1. The van der Waals surface area contributed by atoms with Gasteiger partial charge in [-0.1, -0.05) is 18.2 Å². The normalized spacial score (nSPS) is 24.7. The zero-order valence-corrected chi connectivity index (χ0v) is 23.6. The van der Waals surface area contributed by atoms with Gasteiger partial charge in [-0.05, 0) is 39.8 Å². The number of aliphatic hydroxyl groups excluding tert-OH is 2. The fraction of sp³-hybridized carbons (Fsp3) is 0.500. The van der Waals surface area contributed by atoms with E-state index in [9.17, 15) is 19.6 Å². The molecule has 0 radical (unpaired) electrons. The standard InChI is InChI=1S/C24H32FN6O9P/c1-5-36-20-16-19(28-23(26)29-20)31(12-27-16)21-17(32)18(33)24(25,39-21)11-37-41(35,40-15-9-7-6-8-10-15)30-14(4)22(34)38-13(2)3/h6-10,12-14,17-18,21,32-33H,5,11H2,1-4H3,(H,30,35)(H2,26,28,29)/t14-,17+,18-,21?,24+,41?/m0/s1. The lowest BCUT2D eigenvalue weighted by Gasteiger charge is -2.27. The average molecular weight is 599 g/mol. The summed E-state index contributed by atoms with van der Waals surface area (Å²) >= 11 is 0. The third-order valence-corrected chi connectivity index (χ3v) is 7.42. The van der Waals surface area contributed by atoms with Crippen LogP contribution < -0.4 is 20.1 Å². The maximum absolute atomic E-state index is 16.0. The molecule has 0 amide bonds. The Morgan fingerprint density at radius 2 is 1.98 bits per heavy atom. The van der Waals surface area contributed by atoms with E-state index in [-0.39, 0.29) is 35.3 Å². The van der Waals surface area contributed by atoms with Crippen LogP contribution in [-0.4, -0.2) is 79.1 Å². The molecule has 1 aromatic carbocycles. The van der Waals surface area contributed by atoms with Gasteiger partial charge in [-0.3, -0.25) is 13.9 Å². The van der Waals surface area contributed by atoms with Gasteiger partial charge >= 0.3 is 13.7 Å². The van der Waals surface area contributed by atoms with Gasteiger partial charge in [-0.2, -0.15) is 15.1 Å². The molecular weight excluding hydrogens is 566 g/mol. The minimum atomic E-state index is -4.51. The van der Waals surface area contributed by atoms with E-state index in [0.717, 1.165) is 4.57 Å². The molecule has 0 aliphatic carbocycles. The highest BCUT2D eigenvalue weighted by atomic mass is 31.2. The quantitative estimate of drug-likeness (QED) is 0.174. The Hall–Kier alpha value is -3.40. The van der Waals surface area contributed by atoms with Crippen LogP contribution in [0.1, 0.15) is 33.9 Å². The number of esters is 1. The van der Waals surface area contributed by atoms with Crippen LogP contribution in [-0.2, 0) is 23.4 Å². The van der Waals surface area contributed by atoms with Crippen molar-refractivity contribution < 1.29 is 47.2 Å². The van der Waals surface area contributed by atoms with Gasteiger partial charge in [-0.15, -0.1) is 0 Å². The summed E-state index contributed by atoms with van der Waals surface area (Å²) in [5.74, 6) is -3.89. The summed E-state index contributed by atoms with van der Waals surface area (Å²) in [5.41, 5.74) is 5.97. The number of aromatic nitrogens is 4. The van der Waals surface area contributed by atoms with Crippen molar-refractivity contribution in [2.24, 2.45) is 0 Å². The number of nitrogens with zero attached hydrogens (tertiary/aromatic N) is 4. The van der Waals surface area contributed by atoms with Gasteiger partial charge in [-0.25, -0.2) is 13.9 Å². The first-order valence-corrected chi connectivity index (χ1v) is 14.2. The highest BCUT2D eigenvalue weighted by Crippen LogP contribution is 2.48. The molecule has 1 aliphatic rings. The van der Waals surface area contributed by atoms with Crippen molar-refractivity contribution in [3.8, 4) is 11.6 Å². The van der Waals surface area contributed by atoms with E-state index in [1.165, 1.54) is 25.4 Å². The highest BCUT2D eigenvalue weighted by molar-refractivity contribution is 7.52. The fourth-order valence-electron chi connectivity index (χ4n) is 3.93. The van der Waals surface area contributed by atoms with Crippen LogP contribution in [0.3, 0.4) is 0 Å². The Morgan fingerprint density at radius 1 is 1.27 bits per heavy atom. The van der Waals surface area contributed by atoms with Crippen molar-refractivity contribution in [2.75, 3.05) is 18.9 Å².